The number of rotatable bonds is 5. The molecule has 8 heteroatoms. The second kappa shape index (κ2) is 8.79. The third-order valence-electron chi connectivity index (χ3n) is 4.85. The summed E-state index contributed by atoms with van der Waals surface area (Å²) in [5.41, 5.74) is 0.836. The van der Waals surface area contributed by atoms with Crippen LogP contribution in [0.15, 0.2) is 24.3 Å². The lowest BCUT2D eigenvalue weighted by atomic mass is 10.0. The molecule has 1 fully saturated rings. The van der Waals surface area contributed by atoms with Gasteiger partial charge < -0.3 is 14.6 Å². The first kappa shape index (κ1) is 20.4. The number of carbonyl (C=O) groups excluding carboxylic acids is 1. The zero-order valence-electron chi connectivity index (χ0n) is 15.3. The lowest BCUT2D eigenvalue weighted by Gasteiger charge is -2.33. The maximum Gasteiger partial charge on any atom is 0.326 e. The van der Waals surface area contributed by atoms with Gasteiger partial charge in [-0.05, 0) is 55.3 Å². The number of piperidine rings is 1. The molecule has 0 aliphatic carbocycles. The van der Waals surface area contributed by atoms with Gasteiger partial charge in [-0.3, -0.25) is 4.79 Å². The molecule has 1 aliphatic heterocycles. The standard InChI is InChI=1S/C20H21FN2O3S2/c1-13-17(12-14-5-7-15(21)8-6-14)28-20(27)22(13)11-9-18(24)23-10-3-2-4-16(23)19(25)26/h5-8,12,16H,1-4,9-11H2,(H,25,26)/b17-12-. The molecule has 1 aromatic carbocycles. The zero-order valence-corrected chi connectivity index (χ0v) is 16.9. The largest absolute Gasteiger partial charge is 0.480 e. The molecule has 1 amide bonds. The van der Waals surface area contributed by atoms with Gasteiger partial charge in [0.1, 0.15) is 11.9 Å². The number of likely N-dealkylation sites (tertiary alicyclic amines) is 1. The van der Waals surface area contributed by atoms with Gasteiger partial charge in [-0.1, -0.05) is 18.7 Å². The highest BCUT2D eigenvalue weighted by molar-refractivity contribution is 7.73. The quantitative estimate of drug-likeness (QED) is 0.755. The topological polar surface area (TPSA) is 62.5 Å². The molecule has 28 heavy (non-hydrogen) atoms. The normalized spacial score (nSPS) is 17.7. The SMILES string of the molecule is C=c1/c(=C/c2ccc(F)cc2)sc(=S)n1CCC(=O)N1CCCCC1C(=O)O. The Labute approximate surface area is 171 Å². The second-order valence-corrected chi connectivity index (χ2v) is 8.39. The number of hydrogen-bond acceptors (Lipinski definition) is 4. The Morgan fingerprint density at radius 3 is 2.71 bits per heavy atom. The Balaban J connectivity index is 1.76. The molecular weight excluding hydrogens is 399 g/mol. The van der Waals surface area contributed by atoms with E-state index in [1.165, 1.54) is 28.4 Å². The van der Waals surface area contributed by atoms with Crippen molar-refractivity contribution in [2.24, 2.45) is 0 Å². The number of carboxylic acid groups (broad SMARTS) is 1. The predicted molar refractivity (Wildman–Crippen MR) is 109 cm³/mol. The lowest BCUT2D eigenvalue weighted by Crippen LogP contribution is -2.48. The van der Waals surface area contributed by atoms with Crippen LogP contribution >= 0.6 is 23.6 Å². The first-order chi connectivity index (χ1) is 13.4. The summed E-state index contributed by atoms with van der Waals surface area (Å²) in [5.74, 6) is -1.43. The number of aromatic nitrogens is 1. The van der Waals surface area contributed by atoms with Crippen LogP contribution in [0.5, 0.6) is 0 Å². The van der Waals surface area contributed by atoms with E-state index in [1.54, 1.807) is 16.7 Å². The smallest absolute Gasteiger partial charge is 0.326 e. The van der Waals surface area contributed by atoms with Gasteiger partial charge in [-0.25, -0.2) is 9.18 Å². The van der Waals surface area contributed by atoms with Gasteiger partial charge in [0.15, 0.2) is 3.95 Å². The molecule has 0 saturated carbocycles. The number of carboxylic acids is 1. The molecule has 1 saturated heterocycles. The molecule has 1 atom stereocenters. The highest BCUT2D eigenvalue weighted by atomic mass is 32.1. The first-order valence-electron chi connectivity index (χ1n) is 9.05. The van der Waals surface area contributed by atoms with Gasteiger partial charge in [0.25, 0.3) is 0 Å². The van der Waals surface area contributed by atoms with E-state index in [9.17, 15) is 19.1 Å². The van der Waals surface area contributed by atoms with Crippen LogP contribution in [-0.2, 0) is 16.1 Å². The van der Waals surface area contributed by atoms with Crippen molar-refractivity contribution >= 4 is 48.1 Å². The average Bonchev–Trinajstić information content (AvgIpc) is 2.94. The summed E-state index contributed by atoms with van der Waals surface area (Å²) < 4.78 is 16.3. The molecule has 3 rings (SSSR count). The van der Waals surface area contributed by atoms with Gasteiger partial charge in [0.05, 0.1) is 9.88 Å². The monoisotopic (exact) mass is 420 g/mol. The number of carbonyl (C=O) groups is 2. The van der Waals surface area contributed by atoms with Crippen molar-refractivity contribution in [3.63, 3.8) is 0 Å². The van der Waals surface area contributed by atoms with Gasteiger partial charge >= 0.3 is 5.97 Å². The van der Waals surface area contributed by atoms with Crippen LogP contribution in [0.4, 0.5) is 4.39 Å². The molecule has 1 unspecified atom stereocenters. The van der Waals surface area contributed by atoms with Crippen molar-refractivity contribution in [2.75, 3.05) is 6.54 Å². The number of benzene rings is 1. The molecule has 1 N–H and O–H groups in total. The Morgan fingerprint density at radius 2 is 2.04 bits per heavy atom. The van der Waals surface area contributed by atoms with Gasteiger partial charge in [-0.15, -0.1) is 11.3 Å². The van der Waals surface area contributed by atoms with E-state index in [0.29, 0.717) is 28.8 Å². The van der Waals surface area contributed by atoms with Crippen molar-refractivity contribution in [1.82, 2.24) is 9.47 Å². The van der Waals surface area contributed by atoms with E-state index >= 15 is 0 Å². The summed E-state index contributed by atoms with van der Waals surface area (Å²) in [6.45, 7) is 4.90. The van der Waals surface area contributed by atoms with E-state index in [4.69, 9.17) is 12.2 Å². The third kappa shape index (κ3) is 4.56. The summed E-state index contributed by atoms with van der Waals surface area (Å²) >= 11 is 6.79. The minimum Gasteiger partial charge on any atom is -0.480 e. The highest BCUT2D eigenvalue weighted by Crippen LogP contribution is 2.18. The van der Waals surface area contributed by atoms with Crippen LogP contribution in [0.3, 0.4) is 0 Å². The van der Waals surface area contributed by atoms with Crippen molar-refractivity contribution in [3.05, 3.63) is 49.5 Å². The maximum atomic E-state index is 13.1. The zero-order chi connectivity index (χ0) is 20.3. The van der Waals surface area contributed by atoms with E-state index in [-0.39, 0.29) is 18.1 Å². The van der Waals surface area contributed by atoms with Crippen LogP contribution in [0.25, 0.3) is 12.7 Å². The van der Waals surface area contributed by atoms with Crippen LogP contribution < -0.4 is 9.88 Å². The van der Waals surface area contributed by atoms with Crippen LogP contribution in [0, 0.1) is 9.77 Å². The van der Waals surface area contributed by atoms with Crippen LogP contribution in [0.2, 0.25) is 0 Å². The minimum atomic E-state index is -0.950. The molecule has 0 radical (unpaired) electrons. The van der Waals surface area contributed by atoms with Gasteiger partial charge in [0, 0.05) is 19.5 Å². The highest BCUT2D eigenvalue weighted by Gasteiger charge is 2.31. The number of thiazole rings is 1. The van der Waals surface area contributed by atoms with Gasteiger partial charge in [-0.2, -0.15) is 0 Å². The third-order valence-corrected chi connectivity index (χ3v) is 6.29. The van der Waals surface area contributed by atoms with E-state index in [2.05, 4.69) is 6.58 Å². The Hall–Kier alpha value is -2.32. The van der Waals surface area contributed by atoms with E-state index < -0.39 is 12.0 Å². The van der Waals surface area contributed by atoms with Crippen molar-refractivity contribution in [2.45, 2.75) is 38.3 Å². The minimum absolute atomic E-state index is 0.174. The summed E-state index contributed by atoms with van der Waals surface area (Å²) in [6.07, 6.45) is 4.20. The fourth-order valence-corrected chi connectivity index (χ4v) is 4.73. The molecule has 0 bridgehead atoms. The molecular formula is C20H21FN2O3S2. The summed E-state index contributed by atoms with van der Waals surface area (Å²) in [5, 5.41) is 10.0. The van der Waals surface area contributed by atoms with Crippen molar-refractivity contribution in [1.29, 1.82) is 0 Å². The van der Waals surface area contributed by atoms with E-state index in [0.717, 1.165) is 22.9 Å². The molecule has 2 aromatic rings. The number of halogens is 1. The molecule has 2 heterocycles. The maximum absolute atomic E-state index is 13.1. The van der Waals surface area contributed by atoms with Crippen molar-refractivity contribution in [3.8, 4) is 0 Å². The summed E-state index contributed by atoms with van der Waals surface area (Å²) in [4.78, 5) is 25.5. The fourth-order valence-electron chi connectivity index (χ4n) is 3.34. The van der Waals surface area contributed by atoms with Crippen LogP contribution in [-0.4, -0.2) is 39.0 Å². The molecule has 0 spiro atoms. The number of hydrogen-bond donors (Lipinski definition) is 1. The number of nitrogens with zero attached hydrogens (tertiary/aromatic N) is 2. The van der Waals surface area contributed by atoms with Gasteiger partial charge in [0.2, 0.25) is 5.91 Å². The first-order valence-corrected chi connectivity index (χ1v) is 10.3. The predicted octanol–water partition coefficient (Wildman–Crippen LogP) is 2.51. The fraction of sp³-hybridized carbons (Fsp3) is 0.350. The second-order valence-electron chi connectivity index (χ2n) is 6.71. The Morgan fingerprint density at radius 1 is 1.32 bits per heavy atom. The van der Waals surface area contributed by atoms with Crippen LogP contribution in [0.1, 0.15) is 31.2 Å². The average molecular weight is 421 g/mol. The summed E-state index contributed by atoms with van der Waals surface area (Å²) in [7, 11) is 0. The van der Waals surface area contributed by atoms with Crippen molar-refractivity contribution < 1.29 is 19.1 Å². The molecule has 1 aromatic heterocycles. The Bertz CT molecular complexity index is 1040. The molecule has 1 aliphatic rings. The number of amides is 1. The molecule has 148 valence electrons. The lowest BCUT2D eigenvalue weighted by molar-refractivity contribution is -0.152. The van der Waals surface area contributed by atoms with E-state index in [1.807, 2.05) is 6.08 Å². The molecule has 5 nitrogen and oxygen atoms in total. The number of aliphatic carboxylic acids is 1. The summed E-state index contributed by atoms with van der Waals surface area (Å²) in [6, 6.07) is 5.39. The Kier molecular flexibility index (Phi) is 6.41.